The van der Waals surface area contributed by atoms with Gasteiger partial charge in [0, 0.05) is 25.2 Å². The highest BCUT2D eigenvalue weighted by Crippen LogP contribution is 2.23. The van der Waals surface area contributed by atoms with Crippen LogP contribution < -0.4 is 5.32 Å². The molecule has 3 rings (SSSR count). The lowest BCUT2D eigenvalue weighted by Gasteiger charge is -2.14. The van der Waals surface area contributed by atoms with E-state index >= 15 is 0 Å². The zero-order chi connectivity index (χ0) is 19.7. The topological polar surface area (TPSA) is 62.3 Å². The number of carbonyl (C=O) groups is 2. The Bertz CT molecular complexity index is 1060. The zero-order valence-corrected chi connectivity index (χ0v) is 16.4. The third kappa shape index (κ3) is 3.93. The van der Waals surface area contributed by atoms with Crippen LogP contribution in [0.4, 0.5) is 5.69 Å². The fourth-order valence-corrected chi connectivity index (χ4v) is 3.01. The van der Waals surface area contributed by atoms with E-state index in [0.717, 1.165) is 16.5 Å². The molecule has 1 N–H and O–H groups in total. The molecule has 0 aliphatic carbocycles. The first-order valence-corrected chi connectivity index (χ1v) is 8.84. The van der Waals surface area contributed by atoms with E-state index in [1.54, 1.807) is 39.2 Å². The van der Waals surface area contributed by atoms with Crippen LogP contribution in [0.1, 0.15) is 32.0 Å². The van der Waals surface area contributed by atoms with Gasteiger partial charge in [-0.15, -0.1) is 0 Å². The van der Waals surface area contributed by atoms with E-state index in [4.69, 9.17) is 11.6 Å². The number of pyridine rings is 1. The van der Waals surface area contributed by atoms with Gasteiger partial charge in [-0.2, -0.15) is 0 Å². The summed E-state index contributed by atoms with van der Waals surface area (Å²) >= 11 is 6.12. The Labute approximate surface area is 163 Å². The lowest BCUT2D eigenvalue weighted by Crippen LogP contribution is -2.22. The highest BCUT2D eigenvalue weighted by molar-refractivity contribution is 6.34. The van der Waals surface area contributed by atoms with Crippen molar-refractivity contribution < 1.29 is 9.59 Å². The van der Waals surface area contributed by atoms with E-state index in [0.29, 0.717) is 27.5 Å². The quantitative estimate of drug-likeness (QED) is 0.728. The average Bonchev–Trinajstić information content (AvgIpc) is 2.61. The summed E-state index contributed by atoms with van der Waals surface area (Å²) in [5, 5.41) is 4.07. The lowest BCUT2D eigenvalue weighted by atomic mass is 10.1. The van der Waals surface area contributed by atoms with Gasteiger partial charge in [0.1, 0.15) is 0 Å². The number of fused-ring (bicyclic) bond motifs is 1. The molecule has 0 radical (unpaired) electrons. The minimum absolute atomic E-state index is 0.227. The van der Waals surface area contributed by atoms with Crippen molar-refractivity contribution in [2.45, 2.75) is 13.8 Å². The van der Waals surface area contributed by atoms with Crippen LogP contribution in [0, 0.1) is 13.8 Å². The normalized spacial score (nSPS) is 10.7. The molecule has 2 aromatic carbocycles. The summed E-state index contributed by atoms with van der Waals surface area (Å²) in [6.07, 6.45) is 0. The van der Waals surface area contributed by atoms with Crippen LogP contribution in [0.2, 0.25) is 5.02 Å². The first-order chi connectivity index (χ1) is 12.8. The molecule has 0 aliphatic rings. The van der Waals surface area contributed by atoms with Crippen molar-refractivity contribution in [1.29, 1.82) is 0 Å². The number of aryl methyl sites for hydroxylation is 2. The number of carbonyl (C=O) groups excluding carboxylic acids is 2. The fraction of sp³-hybridized carbons (Fsp3) is 0.190. The Kier molecular flexibility index (Phi) is 5.15. The third-order valence-corrected chi connectivity index (χ3v) is 4.60. The number of hydrogen-bond donors (Lipinski definition) is 1. The van der Waals surface area contributed by atoms with Crippen LogP contribution in [0.25, 0.3) is 10.9 Å². The Morgan fingerprint density at radius 1 is 1.00 bits per heavy atom. The summed E-state index contributed by atoms with van der Waals surface area (Å²) in [6.45, 7) is 3.81. The Balaban J connectivity index is 1.93. The molecular formula is C21H20ClN3O2. The van der Waals surface area contributed by atoms with Crippen LogP contribution in [0.15, 0.2) is 42.5 Å². The summed E-state index contributed by atoms with van der Waals surface area (Å²) in [7, 11) is 3.30. The number of anilines is 1. The van der Waals surface area contributed by atoms with E-state index in [9.17, 15) is 9.59 Å². The number of halogens is 1. The number of rotatable bonds is 3. The predicted molar refractivity (Wildman–Crippen MR) is 109 cm³/mol. The molecule has 27 heavy (non-hydrogen) atoms. The number of hydrogen-bond acceptors (Lipinski definition) is 3. The molecule has 0 atom stereocenters. The van der Waals surface area contributed by atoms with Gasteiger partial charge in [-0.1, -0.05) is 23.7 Å². The molecule has 0 fully saturated rings. The van der Waals surface area contributed by atoms with Crippen molar-refractivity contribution in [3.63, 3.8) is 0 Å². The number of aromatic nitrogens is 1. The molecule has 0 unspecified atom stereocenters. The highest BCUT2D eigenvalue weighted by Gasteiger charge is 2.16. The molecule has 2 amide bonds. The molecule has 3 aromatic rings. The molecule has 6 heteroatoms. The second kappa shape index (κ2) is 7.37. The molecule has 138 valence electrons. The van der Waals surface area contributed by atoms with Crippen molar-refractivity contribution in [1.82, 2.24) is 9.88 Å². The molecule has 0 spiro atoms. The second-order valence-corrected chi connectivity index (χ2v) is 7.07. The summed E-state index contributed by atoms with van der Waals surface area (Å²) in [6, 6.07) is 12.6. The summed E-state index contributed by atoms with van der Waals surface area (Å²) in [4.78, 5) is 31.0. The number of nitrogens with one attached hydrogen (secondary N) is 1. The van der Waals surface area contributed by atoms with Crippen LogP contribution >= 0.6 is 11.6 Å². The van der Waals surface area contributed by atoms with E-state index < -0.39 is 0 Å². The summed E-state index contributed by atoms with van der Waals surface area (Å²) in [5.74, 6) is -0.511. The monoisotopic (exact) mass is 381 g/mol. The van der Waals surface area contributed by atoms with Crippen molar-refractivity contribution in [2.24, 2.45) is 0 Å². The van der Waals surface area contributed by atoms with Gasteiger partial charge in [0.25, 0.3) is 11.8 Å². The second-order valence-electron chi connectivity index (χ2n) is 6.67. The van der Waals surface area contributed by atoms with E-state index in [1.165, 1.54) is 4.90 Å². The Morgan fingerprint density at radius 3 is 2.44 bits per heavy atom. The molecule has 0 saturated carbocycles. The maximum atomic E-state index is 12.8. The average molecular weight is 382 g/mol. The SMILES string of the molecule is Cc1ccc2cc(C(=O)Nc3ccc(Cl)c(C(=O)N(C)C)c3)c(C)nc2c1. The van der Waals surface area contributed by atoms with Gasteiger partial charge in [0.05, 0.1) is 27.4 Å². The molecule has 1 heterocycles. The molecular weight excluding hydrogens is 362 g/mol. The van der Waals surface area contributed by atoms with E-state index in [1.807, 2.05) is 31.2 Å². The van der Waals surface area contributed by atoms with Gasteiger partial charge in [-0.05, 0) is 49.7 Å². The van der Waals surface area contributed by atoms with Gasteiger partial charge < -0.3 is 10.2 Å². The van der Waals surface area contributed by atoms with Crippen LogP contribution in [0.3, 0.4) is 0 Å². The predicted octanol–water partition coefficient (Wildman–Crippen LogP) is 4.46. The van der Waals surface area contributed by atoms with Crippen LogP contribution in [-0.4, -0.2) is 35.8 Å². The minimum Gasteiger partial charge on any atom is -0.345 e. The van der Waals surface area contributed by atoms with Gasteiger partial charge in [0.15, 0.2) is 0 Å². The fourth-order valence-electron chi connectivity index (χ4n) is 2.81. The Hall–Kier alpha value is -2.92. The molecule has 5 nitrogen and oxygen atoms in total. The zero-order valence-electron chi connectivity index (χ0n) is 15.6. The van der Waals surface area contributed by atoms with Crippen LogP contribution in [0.5, 0.6) is 0 Å². The largest absolute Gasteiger partial charge is 0.345 e. The number of amides is 2. The smallest absolute Gasteiger partial charge is 0.257 e. The van der Waals surface area contributed by atoms with E-state index in [2.05, 4.69) is 10.3 Å². The van der Waals surface area contributed by atoms with Gasteiger partial charge in [0.2, 0.25) is 0 Å². The van der Waals surface area contributed by atoms with Gasteiger partial charge >= 0.3 is 0 Å². The van der Waals surface area contributed by atoms with Crippen molar-refractivity contribution in [3.8, 4) is 0 Å². The first kappa shape index (κ1) is 18.9. The maximum absolute atomic E-state index is 12.8. The first-order valence-electron chi connectivity index (χ1n) is 8.47. The standard InChI is InChI=1S/C21H20ClN3O2/c1-12-5-6-14-10-16(13(2)23-19(14)9-12)20(26)24-15-7-8-18(22)17(11-15)21(27)25(3)4/h5-11H,1-4H3,(H,24,26). The minimum atomic E-state index is -0.284. The number of nitrogens with zero attached hydrogens (tertiary/aromatic N) is 2. The Morgan fingerprint density at radius 2 is 1.74 bits per heavy atom. The summed E-state index contributed by atoms with van der Waals surface area (Å²) in [5.41, 5.74) is 3.94. The van der Waals surface area contributed by atoms with Crippen LogP contribution in [-0.2, 0) is 0 Å². The number of benzene rings is 2. The summed E-state index contributed by atoms with van der Waals surface area (Å²) < 4.78 is 0. The van der Waals surface area contributed by atoms with Crippen molar-refractivity contribution >= 4 is 40.0 Å². The molecule has 0 bridgehead atoms. The molecule has 1 aromatic heterocycles. The molecule has 0 aliphatic heterocycles. The highest BCUT2D eigenvalue weighted by atomic mass is 35.5. The van der Waals surface area contributed by atoms with Gasteiger partial charge in [-0.25, -0.2) is 0 Å². The van der Waals surface area contributed by atoms with Crippen molar-refractivity contribution in [2.75, 3.05) is 19.4 Å². The molecule has 0 saturated heterocycles. The van der Waals surface area contributed by atoms with Crippen molar-refractivity contribution in [3.05, 3.63) is 69.9 Å². The lowest BCUT2D eigenvalue weighted by molar-refractivity contribution is 0.0827. The maximum Gasteiger partial charge on any atom is 0.257 e. The van der Waals surface area contributed by atoms with Gasteiger partial charge in [-0.3, -0.25) is 14.6 Å². The third-order valence-electron chi connectivity index (χ3n) is 4.27. The van der Waals surface area contributed by atoms with E-state index in [-0.39, 0.29) is 11.8 Å².